The van der Waals surface area contributed by atoms with Gasteiger partial charge in [-0.25, -0.2) is 4.99 Å². The zero-order chi connectivity index (χ0) is 19.6. The van der Waals surface area contributed by atoms with Crippen molar-refractivity contribution in [2.75, 3.05) is 13.2 Å². The molecule has 0 saturated heterocycles. The van der Waals surface area contributed by atoms with E-state index < -0.39 is 0 Å². The molecule has 1 aromatic rings. The summed E-state index contributed by atoms with van der Waals surface area (Å²) in [5.41, 5.74) is 0. The fourth-order valence-electron chi connectivity index (χ4n) is 3.49. The molecule has 1 unspecified atom stereocenters. The maximum Gasteiger partial charge on any atom is 0.191 e. The lowest BCUT2D eigenvalue weighted by molar-refractivity contribution is 0.0258. The van der Waals surface area contributed by atoms with Gasteiger partial charge in [0.1, 0.15) is 12.4 Å². The van der Waals surface area contributed by atoms with Crippen LogP contribution in [0.25, 0.3) is 0 Å². The maximum absolute atomic E-state index is 5.86. The second kappa shape index (κ2) is 11.3. The van der Waals surface area contributed by atoms with Crippen LogP contribution in [0.5, 0.6) is 0 Å². The fraction of sp³-hybridized carbons (Fsp3) is 0.850. The number of aliphatic imine (C=N–C) groups is 1. The predicted octanol–water partition coefficient (Wildman–Crippen LogP) is 2.94. The molecule has 7 heteroatoms. The lowest BCUT2D eigenvalue weighted by atomic mass is 9.96. The average molecular weight is 379 g/mol. The Balaban J connectivity index is 1.95. The topological polar surface area (TPSA) is 76.4 Å². The molecular formula is C20H38N6O. The van der Waals surface area contributed by atoms with Crippen LogP contribution < -0.4 is 10.6 Å². The SMILES string of the molecule is CCOC(CCNC(=NCc1nnc(C)n1C)NC1CCCCC1)C(C)C. The Morgan fingerprint density at radius 1 is 1.26 bits per heavy atom. The van der Waals surface area contributed by atoms with Crippen molar-refractivity contribution in [3.05, 3.63) is 11.6 Å². The van der Waals surface area contributed by atoms with E-state index >= 15 is 0 Å². The van der Waals surface area contributed by atoms with E-state index in [9.17, 15) is 0 Å². The molecule has 1 atom stereocenters. The molecule has 1 aromatic heterocycles. The van der Waals surface area contributed by atoms with Crippen molar-refractivity contribution in [2.24, 2.45) is 18.0 Å². The first-order chi connectivity index (χ1) is 13.0. The molecule has 2 N–H and O–H groups in total. The van der Waals surface area contributed by atoms with Gasteiger partial charge in [0.05, 0.1) is 6.10 Å². The summed E-state index contributed by atoms with van der Waals surface area (Å²) in [6.45, 7) is 10.6. The summed E-state index contributed by atoms with van der Waals surface area (Å²) in [6.07, 6.45) is 7.63. The van der Waals surface area contributed by atoms with Crippen molar-refractivity contribution < 1.29 is 4.74 Å². The van der Waals surface area contributed by atoms with Gasteiger partial charge in [0.15, 0.2) is 11.8 Å². The van der Waals surface area contributed by atoms with E-state index in [1.807, 2.05) is 18.5 Å². The zero-order valence-electron chi connectivity index (χ0n) is 17.8. The molecule has 154 valence electrons. The first-order valence-corrected chi connectivity index (χ1v) is 10.5. The highest BCUT2D eigenvalue weighted by atomic mass is 16.5. The summed E-state index contributed by atoms with van der Waals surface area (Å²) >= 11 is 0. The number of ether oxygens (including phenoxy) is 1. The van der Waals surface area contributed by atoms with Gasteiger partial charge in [0.25, 0.3) is 0 Å². The summed E-state index contributed by atoms with van der Waals surface area (Å²) in [5.74, 6) is 3.18. The highest BCUT2D eigenvalue weighted by molar-refractivity contribution is 5.80. The molecule has 1 fully saturated rings. The summed E-state index contributed by atoms with van der Waals surface area (Å²) in [7, 11) is 1.98. The number of hydrogen-bond acceptors (Lipinski definition) is 4. The van der Waals surface area contributed by atoms with E-state index in [1.165, 1.54) is 32.1 Å². The minimum Gasteiger partial charge on any atom is -0.378 e. The number of aryl methyl sites for hydroxylation is 1. The number of nitrogens with one attached hydrogen (secondary N) is 2. The van der Waals surface area contributed by atoms with Gasteiger partial charge >= 0.3 is 0 Å². The summed E-state index contributed by atoms with van der Waals surface area (Å²) < 4.78 is 7.85. The van der Waals surface area contributed by atoms with Crippen LogP contribution in [-0.4, -0.2) is 46.0 Å². The zero-order valence-corrected chi connectivity index (χ0v) is 17.8. The summed E-state index contributed by atoms with van der Waals surface area (Å²) in [6, 6.07) is 0.513. The van der Waals surface area contributed by atoms with Crippen LogP contribution in [0.15, 0.2) is 4.99 Å². The Morgan fingerprint density at radius 2 is 2.00 bits per heavy atom. The maximum atomic E-state index is 5.86. The fourth-order valence-corrected chi connectivity index (χ4v) is 3.49. The highest BCUT2D eigenvalue weighted by Crippen LogP contribution is 2.17. The number of guanidine groups is 1. The van der Waals surface area contributed by atoms with Gasteiger partial charge in [-0.05, 0) is 39.0 Å². The molecule has 0 bridgehead atoms. The molecule has 2 rings (SSSR count). The molecule has 1 aliphatic rings. The van der Waals surface area contributed by atoms with Crippen molar-refractivity contribution in [1.82, 2.24) is 25.4 Å². The van der Waals surface area contributed by atoms with Crippen molar-refractivity contribution >= 4 is 5.96 Å². The van der Waals surface area contributed by atoms with E-state index in [-0.39, 0.29) is 6.10 Å². The van der Waals surface area contributed by atoms with Crippen LogP contribution in [0.4, 0.5) is 0 Å². The van der Waals surface area contributed by atoms with Crippen LogP contribution in [0.1, 0.15) is 70.9 Å². The first kappa shape index (κ1) is 21.7. The third-order valence-electron chi connectivity index (χ3n) is 5.35. The third-order valence-corrected chi connectivity index (χ3v) is 5.35. The molecule has 1 aliphatic carbocycles. The first-order valence-electron chi connectivity index (χ1n) is 10.5. The number of nitrogens with zero attached hydrogens (tertiary/aromatic N) is 4. The smallest absolute Gasteiger partial charge is 0.191 e. The monoisotopic (exact) mass is 378 g/mol. The van der Waals surface area contributed by atoms with Crippen molar-refractivity contribution in [1.29, 1.82) is 0 Å². The van der Waals surface area contributed by atoms with Crippen LogP contribution >= 0.6 is 0 Å². The molecule has 1 heterocycles. The Kier molecular flexibility index (Phi) is 9.04. The van der Waals surface area contributed by atoms with Gasteiger partial charge in [-0.3, -0.25) is 0 Å². The molecular weight excluding hydrogens is 340 g/mol. The lowest BCUT2D eigenvalue weighted by Crippen LogP contribution is -2.45. The van der Waals surface area contributed by atoms with Crippen molar-refractivity contribution in [2.45, 2.75) is 84.9 Å². The Bertz CT molecular complexity index is 577. The predicted molar refractivity (Wildman–Crippen MR) is 110 cm³/mol. The average Bonchev–Trinajstić information content (AvgIpc) is 2.98. The van der Waals surface area contributed by atoms with Gasteiger partial charge in [0, 0.05) is 26.2 Å². The molecule has 0 aliphatic heterocycles. The quantitative estimate of drug-likeness (QED) is 0.510. The van der Waals surface area contributed by atoms with E-state index in [1.54, 1.807) is 0 Å². The minimum absolute atomic E-state index is 0.278. The summed E-state index contributed by atoms with van der Waals surface area (Å²) in [4.78, 5) is 4.78. The van der Waals surface area contributed by atoms with E-state index in [4.69, 9.17) is 9.73 Å². The number of hydrogen-bond donors (Lipinski definition) is 2. The highest BCUT2D eigenvalue weighted by Gasteiger charge is 2.16. The van der Waals surface area contributed by atoms with E-state index in [0.717, 1.165) is 37.2 Å². The van der Waals surface area contributed by atoms with E-state index in [2.05, 4.69) is 41.6 Å². The molecule has 1 saturated carbocycles. The van der Waals surface area contributed by atoms with Gasteiger partial charge < -0.3 is 19.9 Å². The molecule has 0 aromatic carbocycles. The van der Waals surface area contributed by atoms with Crippen LogP contribution in [-0.2, 0) is 18.3 Å². The minimum atomic E-state index is 0.278. The van der Waals surface area contributed by atoms with Gasteiger partial charge in [-0.15, -0.1) is 10.2 Å². The number of rotatable bonds is 9. The third kappa shape index (κ3) is 7.13. The molecule has 7 nitrogen and oxygen atoms in total. The largest absolute Gasteiger partial charge is 0.378 e. The second-order valence-electron chi connectivity index (χ2n) is 7.82. The Hall–Kier alpha value is -1.63. The normalized spacial score (nSPS) is 17.3. The Morgan fingerprint density at radius 3 is 2.59 bits per heavy atom. The van der Waals surface area contributed by atoms with Gasteiger partial charge in [-0.2, -0.15) is 0 Å². The number of aromatic nitrogens is 3. The van der Waals surface area contributed by atoms with Gasteiger partial charge in [-0.1, -0.05) is 33.1 Å². The van der Waals surface area contributed by atoms with Gasteiger partial charge in [0.2, 0.25) is 0 Å². The van der Waals surface area contributed by atoms with E-state index in [0.29, 0.717) is 18.5 Å². The summed E-state index contributed by atoms with van der Waals surface area (Å²) in [5, 5.41) is 15.5. The van der Waals surface area contributed by atoms with Crippen LogP contribution in [0, 0.1) is 12.8 Å². The lowest BCUT2D eigenvalue weighted by Gasteiger charge is -2.26. The molecule has 0 radical (unpaired) electrons. The molecule has 0 amide bonds. The van der Waals surface area contributed by atoms with Crippen LogP contribution in [0.3, 0.4) is 0 Å². The van der Waals surface area contributed by atoms with Crippen molar-refractivity contribution in [3.63, 3.8) is 0 Å². The van der Waals surface area contributed by atoms with Crippen LogP contribution in [0.2, 0.25) is 0 Å². The van der Waals surface area contributed by atoms with Crippen molar-refractivity contribution in [3.8, 4) is 0 Å². The Labute approximate surface area is 164 Å². The standard InChI is InChI=1S/C20H38N6O/c1-6-27-18(15(2)3)12-13-21-20(23-17-10-8-7-9-11-17)22-14-19-25-24-16(4)26(19)5/h15,17-18H,6-14H2,1-5H3,(H2,21,22,23). The second-order valence-corrected chi connectivity index (χ2v) is 7.82. The molecule has 0 spiro atoms. The molecule has 27 heavy (non-hydrogen) atoms.